The number of nitrogens with zero attached hydrogens (tertiary/aromatic N) is 1. The molecular formula is C13H25NO3. The van der Waals surface area contributed by atoms with Crippen molar-refractivity contribution in [3.63, 3.8) is 0 Å². The second kappa shape index (κ2) is 8.48. The number of carbonyl (C=O) groups is 1. The molecule has 4 nitrogen and oxygen atoms in total. The summed E-state index contributed by atoms with van der Waals surface area (Å²) < 4.78 is 10.6. The molecule has 0 aliphatic heterocycles. The van der Waals surface area contributed by atoms with Crippen molar-refractivity contribution in [3.8, 4) is 0 Å². The lowest BCUT2D eigenvalue weighted by molar-refractivity contribution is -0.144. The molecule has 0 amide bonds. The lowest BCUT2D eigenvalue weighted by Crippen LogP contribution is -2.30. The summed E-state index contributed by atoms with van der Waals surface area (Å²) >= 11 is 0. The number of ether oxygens (including phenoxy) is 2. The van der Waals surface area contributed by atoms with Gasteiger partial charge in [-0.25, -0.2) is 0 Å². The minimum absolute atomic E-state index is 0.136. The van der Waals surface area contributed by atoms with E-state index in [-0.39, 0.29) is 5.97 Å². The fraction of sp³-hybridized carbons (Fsp3) is 0.923. The van der Waals surface area contributed by atoms with Crippen LogP contribution in [-0.2, 0) is 14.3 Å². The number of hydrogen-bond acceptors (Lipinski definition) is 4. The highest BCUT2D eigenvalue weighted by atomic mass is 16.5. The Morgan fingerprint density at radius 2 is 2.12 bits per heavy atom. The monoisotopic (exact) mass is 243 g/mol. The Morgan fingerprint density at radius 1 is 1.35 bits per heavy atom. The minimum Gasteiger partial charge on any atom is -0.465 e. The maximum atomic E-state index is 11.4. The van der Waals surface area contributed by atoms with Gasteiger partial charge in [-0.2, -0.15) is 0 Å². The highest BCUT2D eigenvalue weighted by Gasteiger charge is 2.21. The Bertz CT molecular complexity index is 217. The number of carbonyl (C=O) groups excluding carboxylic acids is 1. The molecule has 1 fully saturated rings. The topological polar surface area (TPSA) is 38.8 Å². The van der Waals surface area contributed by atoms with Gasteiger partial charge in [0.05, 0.1) is 19.8 Å². The Balaban J connectivity index is 1.90. The van der Waals surface area contributed by atoms with Crippen LogP contribution in [0.3, 0.4) is 0 Å². The van der Waals surface area contributed by atoms with E-state index >= 15 is 0 Å². The van der Waals surface area contributed by atoms with Gasteiger partial charge >= 0.3 is 5.97 Å². The van der Waals surface area contributed by atoms with Gasteiger partial charge in [0.15, 0.2) is 0 Å². The summed E-state index contributed by atoms with van der Waals surface area (Å²) in [6.07, 6.45) is 4.64. The largest absolute Gasteiger partial charge is 0.465 e. The van der Waals surface area contributed by atoms with Gasteiger partial charge in [-0.1, -0.05) is 13.3 Å². The molecule has 0 saturated heterocycles. The molecule has 0 radical (unpaired) electrons. The fourth-order valence-electron chi connectivity index (χ4n) is 1.43. The van der Waals surface area contributed by atoms with Crippen LogP contribution in [0.25, 0.3) is 0 Å². The highest BCUT2D eigenvalue weighted by Crippen LogP contribution is 2.28. The highest BCUT2D eigenvalue weighted by molar-refractivity contribution is 5.71. The first-order valence-corrected chi connectivity index (χ1v) is 6.64. The van der Waals surface area contributed by atoms with Crippen LogP contribution in [-0.4, -0.2) is 50.8 Å². The van der Waals surface area contributed by atoms with Crippen LogP contribution < -0.4 is 0 Å². The van der Waals surface area contributed by atoms with E-state index in [1.807, 2.05) is 11.9 Å². The predicted octanol–water partition coefficient (Wildman–Crippen LogP) is 1.69. The van der Waals surface area contributed by atoms with Crippen LogP contribution in [0.4, 0.5) is 0 Å². The zero-order valence-electron chi connectivity index (χ0n) is 11.1. The molecule has 0 aromatic heterocycles. The third-order valence-electron chi connectivity index (χ3n) is 2.83. The number of likely N-dealkylation sites (N-methyl/N-ethyl adjacent to an activating group) is 1. The van der Waals surface area contributed by atoms with Crippen LogP contribution in [0.15, 0.2) is 0 Å². The molecular weight excluding hydrogens is 218 g/mol. The molecule has 0 heterocycles. The summed E-state index contributed by atoms with van der Waals surface area (Å²) in [6, 6.07) is 0. The van der Waals surface area contributed by atoms with Crippen molar-refractivity contribution in [1.82, 2.24) is 4.90 Å². The molecule has 1 rings (SSSR count). The molecule has 0 aromatic carbocycles. The third kappa shape index (κ3) is 8.16. The van der Waals surface area contributed by atoms with Crippen LogP contribution in [0.1, 0.15) is 32.6 Å². The fourth-order valence-corrected chi connectivity index (χ4v) is 1.43. The molecule has 0 aromatic rings. The summed E-state index contributed by atoms with van der Waals surface area (Å²) in [5, 5.41) is 0. The third-order valence-corrected chi connectivity index (χ3v) is 2.83. The van der Waals surface area contributed by atoms with Crippen LogP contribution >= 0.6 is 0 Å². The van der Waals surface area contributed by atoms with Crippen molar-refractivity contribution in [2.24, 2.45) is 5.92 Å². The molecule has 0 bridgehead atoms. The zero-order chi connectivity index (χ0) is 12.5. The summed E-state index contributed by atoms with van der Waals surface area (Å²) in [5.74, 6) is 0.669. The summed E-state index contributed by atoms with van der Waals surface area (Å²) in [4.78, 5) is 13.3. The van der Waals surface area contributed by atoms with Gasteiger partial charge in [-0.15, -0.1) is 0 Å². The van der Waals surface area contributed by atoms with E-state index in [0.717, 1.165) is 31.9 Å². The van der Waals surface area contributed by atoms with E-state index < -0.39 is 0 Å². The standard InChI is InChI=1S/C13H25NO3/c1-3-4-8-17-13(15)10-14(2)7-9-16-11-12-5-6-12/h12H,3-11H2,1-2H3. The van der Waals surface area contributed by atoms with Gasteiger partial charge in [0.25, 0.3) is 0 Å². The quantitative estimate of drug-likeness (QED) is 0.432. The Kier molecular flexibility index (Phi) is 7.21. The second-order valence-electron chi connectivity index (χ2n) is 4.83. The number of unbranched alkanes of at least 4 members (excludes halogenated alkanes) is 1. The van der Waals surface area contributed by atoms with Gasteiger partial charge in [-0.05, 0) is 32.2 Å². The smallest absolute Gasteiger partial charge is 0.320 e. The lowest BCUT2D eigenvalue weighted by atomic mass is 10.4. The van der Waals surface area contributed by atoms with Crippen LogP contribution in [0.2, 0.25) is 0 Å². The van der Waals surface area contributed by atoms with Gasteiger partial charge < -0.3 is 9.47 Å². The molecule has 0 spiro atoms. The van der Waals surface area contributed by atoms with E-state index in [9.17, 15) is 4.79 Å². The minimum atomic E-state index is -0.136. The van der Waals surface area contributed by atoms with Crippen molar-refractivity contribution >= 4 is 5.97 Å². The Labute approximate surface area is 104 Å². The summed E-state index contributed by atoms with van der Waals surface area (Å²) in [5.41, 5.74) is 0. The van der Waals surface area contributed by atoms with Crippen molar-refractivity contribution in [2.75, 3.05) is 40.0 Å². The van der Waals surface area contributed by atoms with Gasteiger partial charge in [0.2, 0.25) is 0 Å². The van der Waals surface area contributed by atoms with Crippen molar-refractivity contribution in [1.29, 1.82) is 0 Å². The van der Waals surface area contributed by atoms with Gasteiger partial charge in [-0.3, -0.25) is 9.69 Å². The number of hydrogen-bond donors (Lipinski definition) is 0. The SMILES string of the molecule is CCCCOC(=O)CN(C)CCOCC1CC1. The average Bonchev–Trinajstić information content (AvgIpc) is 3.08. The maximum absolute atomic E-state index is 11.4. The normalized spacial score (nSPS) is 15.2. The molecule has 1 saturated carbocycles. The van der Waals surface area contributed by atoms with Crippen molar-refractivity contribution in [2.45, 2.75) is 32.6 Å². The second-order valence-corrected chi connectivity index (χ2v) is 4.83. The van der Waals surface area contributed by atoms with E-state index in [2.05, 4.69) is 6.92 Å². The van der Waals surface area contributed by atoms with Gasteiger partial charge in [0, 0.05) is 13.2 Å². The van der Waals surface area contributed by atoms with Crippen molar-refractivity contribution in [3.05, 3.63) is 0 Å². The molecule has 1 aliphatic rings. The molecule has 0 unspecified atom stereocenters. The maximum Gasteiger partial charge on any atom is 0.320 e. The Hall–Kier alpha value is -0.610. The first-order valence-electron chi connectivity index (χ1n) is 6.64. The zero-order valence-corrected chi connectivity index (χ0v) is 11.1. The van der Waals surface area contributed by atoms with E-state index in [1.54, 1.807) is 0 Å². The van der Waals surface area contributed by atoms with Gasteiger partial charge in [0.1, 0.15) is 0 Å². The first-order chi connectivity index (χ1) is 8.22. The summed E-state index contributed by atoms with van der Waals surface area (Å²) in [7, 11) is 1.92. The van der Waals surface area contributed by atoms with E-state index in [0.29, 0.717) is 19.8 Å². The molecule has 100 valence electrons. The molecule has 4 heteroatoms. The molecule has 0 atom stereocenters. The molecule has 17 heavy (non-hydrogen) atoms. The number of esters is 1. The summed E-state index contributed by atoms with van der Waals surface area (Å²) in [6.45, 7) is 5.36. The molecule has 1 aliphatic carbocycles. The van der Waals surface area contributed by atoms with E-state index in [1.165, 1.54) is 12.8 Å². The first kappa shape index (κ1) is 14.5. The number of rotatable bonds is 10. The predicted molar refractivity (Wildman–Crippen MR) is 66.9 cm³/mol. The van der Waals surface area contributed by atoms with E-state index in [4.69, 9.17) is 9.47 Å². The van der Waals surface area contributed by atoms with Crippen LogP contribution in [0, 0.1) is 5.92 Å². The Morgan fingerprint density at radius 3 is 2.76 bits per heavy atom. The van der Waals surface area contributed by atoms with Crippen LogP contribution in [0.5, 0.6) is 0 Å². The average molecular weight is 243 g/mol. The van der Waals surface area contributed by atoms with Crippen molar-refractivity contribution < 1.29 is 14.3 Å². The molecule has 0 N–H and O–H groups in total. The lowest BCUT2D eigenvalue weighted by Gasteiger charge is -2.15.